The molecule has 1 aromatic rings. The Balaban J connectivity index is 2.75. The molecule has 13 heavy (non-hydrogen) atoms. The minimum atomic E-state index is -0.346. The van der Waals surface area contributed by atoms with E-state index in [-0.39, 0.29) is 12.5 Å². The van der Waals surface area contributed by atoms with E-state index < -0.39 is 0 Å². The van der Waals surface area contributed by atoms with Gasteiger partial charge in [-0.3, -0.25) is 9.18 Å². The van der Waals surface area contributed by atoms with Crippen LogP contribution in [0.3, 0.4) is 0 Å². The molecule has 0 spiro atoms. The van der Waals surface area contributed by atoms with Gasteiger partial charge in [0.25, 0.3) is 0 Å². The van der Waals surface area contributed by atoms with Crippen LogP contribution in [0.15, 0.2) is 24.3 Å². The third kappa shape index (κ3) is 2.65. The highest BCUT2D eigenvalue weighted by atomic mass is 19.1. The number of alkyl halides is 1. The number of hydrogen-bond donors (Lipinski definition) is 0. The van der Waals surface area contributed by atoms with Crippen molar-refractivity contribution in [2.75, 3.05) is 6.67 Å². The van der Waals surface area contributed by atoms with Gasteiger partial charge in [0.1, 0.15) is 0 Å². The van der Waals surface area contributed by atoms with Crippen LogP contribution in [0.2, 0.25) is 0 Å². The summed E-state index contributed by atoms with van der Waals surface area (Å²) in [6.07, 6.45) is 0.947. The van der Waals surface area contributed by atoms with Gasteiger partial charge in [0.2, 0.25) is 0 Å². The Morgan fingerprint density at radius 2 is 1.92 bits per heavy atom. The van der Waals surface area contributed by atoms with Crippen LogP contribution in [-0.2, 0) is 6.42 Å². The van der Waals surface area contributed by atoms with Crippen LogP contribution >= 0.6 is 0 Å². The minimum Gasteiger partial charge on any atom is -0.294 e. The Bertz CT molecular complexity index is 277. The fourth-order valence-corrected chi connectivity index (χ4v) is 1.17. The Hall–Kier alpha value is -1.18. The molecule has 0 heterocycles. The lowest BCUT2D eigenvalue weighted by Gasteiger charge is -1.99. The molecule has 0 bridgehead atoms. The average Bonchev–Trinajstić information content (AvgIpc) is 2.18. The van der Waals surface area contributed by atoms with Crippen LogP contribution in [0.25, 0.3) is 0 Å². The SMILES string of the molecule is CCC(=O)c1ccc(CCF)cc1. The summed E-state index contributed by atoms with van der Waals surface area (Å²) in [5, 5.41) is 0. The topological polar surface area (TPSA) is 17.1 Å². The molecule has 70 valence electrons. The Morgan fingerprint density at radius 1 is 1.31 bits per heavy atom. The van der Waals surface area contributed by atoms with Crippen molar-refractivity contribution in [3.8, 4) is 0 Å². The summed E-state index contributed by atoms with van der Waals surface area (Å²) in [5.74, 6) is 0.131. The molecule has 0 aliphatic carbocycles. The molecule has 0 fully saturated rings. The number of rotatable bonds is 4. The molecule has 0 amide bonds. The number of carbonyl (C=O) groups excluding carboxylic acids is 1. The Kier molecular flexibility index (Phi) is 3.62. The van der Waals surface area contributed by atoms with E-state index in [1.54, 1.807) is 12.1 Å². The van der Waals surface area contributed by atoms with Gasteiger partial charge in [-0.25, -0.2) is 0 Å². The summed E-state index contributed by atoms with van der Waals surface area (Å²) in [4.78, 5) is 11.2. The van der Waals surface area contributed by atoms with Crippen molar-refractivity contribution in [3.05, 3.63) is 35.4 Å². The third-order valence-electron chi connectivity index (χ3n) is 1.98. The van der Waals surface area contributed by atoms with Crippen molar-refractivity contribution < 1.29 is 9.18 Å². The first kappa shape index (κ1) is 9.90. The normalized spacial score (nSPS) is 10.0. The number of benzene rings is 1. The van der Waals surface area contributed by atoms with Crippen molar-refractivity contribution in [1.82, 2.24) is 0 Å². The van der Waals surface area contributed by atoms with E-state index in [9.17, 15) is 9.18 Å². The molecule has 0 aromatic heterocycles. The van der Waals surface area contributed by atoms with Crippen molar-refractivity contribution in [2.24, 2.45) is 0 Å². The lowest BCUT2D eigenvalue weighted by molar-refractivity contribution is 0.0988. The zero-order valence-electron chi connectivity index (χ0n) is 7.72. The second-order valence-electron chi connectivity index (χ2n) is 2.91. The average molecular weight is 180 g/mol. The molecule has 0 aliphatic heterocycles. The van der Waals surface area contributed by atoms with Crippen molar-refractivity contribution in [3.63, 3.8) is 0 Å². The van der Waals surface area contributed by atoms with Crippen LogP contribution in [0.4, 0.5) is 4.39 Å². The molecule has 1 aromatic carbocycles. The highest BCUT2D eigenvalue weighted by molar-refractivity contribution is 5.95. The largest absolute Gasteiger partial charge is 0.294 e. The van der Waals surface area contributed by atoms with Gasteiger partial charge in [-0.1, -0.05) is 31.2 Å². The molecular weight excluding hydrogens is 167 g/mol. The molecular formula is C11H13FO. The van der Waals surface area contributed by atoms with Crippen LogP contribution in [0, 0.1) is 0 Å². The van der Waals surface area contributed by atoms with Gasteiger partial charge >= 0.3 is 0 Å². The van der Waals surface area contributed by atoms with Crippen LogP contribution < -0.4 is 0 Å². The van der Waals surface area contributed by atoms with Crippen molar-refractivity contribution >= 4 is 5.78 Å². The molecule has 0 atom stereocenters. The maximum absolute atomic E-state index is 11.9. The Morgan fingerprint density at radius 3 is 2.38 bits per heavy atom. The highest BCUT2D eigenvalue weighted by Crippen LogP contribution is 2.07. The zero-order chi connectivity index (χ0) is 9.68. The number of aryl methyl sites for hydroxylation is 1. The maximum Gasteiger partial charge on any atom is 0.162 e. The lowest BCUT2D eigenvalue weighted by atomic mass is 10.1. The molecule has 0 aliphatic rings. The summed E-state index contributed by atoms with van der Waals surface area (Å²) in [7, 11) is 0. The summed E-state index contributed by atoms with van der Waals surface area (Å²) >= 11 is 0. The molecule has 0 N–H and O–H groups in total. The van der Waals surface area contributed by atoms with E-state index in [0.29, 0.717) is 18.4 Å². The standard InChI is InChI=1S/C11H13FO/c1-2-11(13)10-5-3-9(4-6-10)7-8-12/h3-6H,2,7-8H2,1H3. The number of ketones is 1. The monoisotopic (exact) mass is 180 g/mol. The predicted octanol–water partition coefficient (Wildman–Crippen LogP) is 2.79. The van der Waals surface area contributed by atoms with Gasteiger partial charge < -0.3 is 0 Å². The minimum absolute atomic E-state index is 0.131. The van der Waals surface area contributed by atoms with Crippen LogP contribution in [0.1, 0.15) is 29.3 Å². The van der Waals surface area contributed by atoms with Gasteiger partial charge in [0.15, 0.2) is 5.78 Å². The van der Waals surface area contributed by atoms with Gasteiger partial charge in [0, 0.05) is 18.4 Å². The first-order chi connectivity index (χ1) is 6.27. The van der Waals surface area contributed by atoms with Crippen molar-refractivity contribution in [1.29, 1.82) is 0 Å². The number of hydrogen-bond acceptors (Lipinski definition) is 1. The van der Waals surface area contributed by atoms with E-state index in [4.69, 9.17) is 0 Å². The second-order valence-corrected chi connectivity index (χ2v) is 2.91. The van der Waals surface area contributed by atoms with Crippen LogP contribution in [0.5, 0.6) is 0 Å². The maximum atomic E-state index is 11.9. The summed E-state index contributed by atoms with van der Waals surface area (Å²) < 4.78 is 11.9. The van der Waals surface area contributed by atoms with Crippen molar-refractivity contribution in [2.45, 2.75) is 19.8 Å². The van der Waals surface area contributed by atoms with Gasteiger partial charge in [-0.15, -0.1) is 0 Å². The number of Topliss-reactive ketones (excluding diaryl/α,β-unsaturated/α-hetero) is 1. The summed E-state index contributed by atoms with van der Waals surface area (Å²) in [5.41, 5.74) is 1.65. The van der Waals surface area contributed by atoms with Crippen LogP contribution in [-0.4, -0.2) is 12.5 Å². The highest BCUT2D eigenvalue weighted by Gasteiger charge is 2.01. The molecule has 2 heteroatoms. The van der Waals surface area contributed by atoms with Gasteiger partial charge in [0.05, 0.1) is 6.67 Å². The molecule has 0 radical (unpaired) electrons. The third-order valence-corrected chi connectivity index (χ3v) is 1.98. The zero-order valence-corrected chi connectivity index (χ0v) is 7.72. The molecule has 1 rings (SSSR count). The van der Waals surface area contributed by atoms with E-state index in [2.05, 4.69) is 0 Å². The van der Waals surface area contributed by atoms with E-state index >= 15 is 0 Å². The number of carbonyl (C=O) groups is 1. The smallest absolute Gasteiger partial charge is 0.162 e. The quantitative estimate of drug-likeness (QED) is 0.651. The summed E-state index contributed by atoms with van der Waals surface area (Å²) in [6.45, 7) is 1.48. The number of halogens is 1. The van der Waals surface area contributed by atoms with Gasteiger partial charge in [-0.05, 0) is 5.56 Å². The summed E-state index contributed by atoms with van der Waals surface area (Å²) in [6, 6.07) is 7.14. The molecule has 1 nitrogen and oxygen atoms in total. The fourth-order valence-electron chi connectivity index (χ4n) is 1.17. The van der Waals surface area contributed by atoms with E-state index in [1.807, 2.05) is 19.1 Å². The molecule has 0 unspecified atom stereocenters. The second kappa shape index (κ2) is 4.75. The Labute approximate surface area is 77.6 Å². The lowest BCUT2D eigenvalue weighted by Crippen LogP contribution is -1.96. The molecule has 0 saturated heterocycles. The van der Waals surface area contributed by atoms with E-state index in [0.717, 1.165) is 5.56 Å². The predicted molar refractivity (Wildman–Crippen MR) is 50.7 cm³/mol. The first-order valence-electron chi connectivity index (χ1n) is 4.46. The molecule has 0 saturated carbocycles. The fraction of sp³-hybridized carbons (Fsp3) is 0.364. The van der Waals surface area contributed by atoms with Gasteiger partial charge in [-0.2, -0.15) is 0 Å². The van der Waals surface area contributed by atoms with E-state index in [1.165, 1.54) is 0 Å². The first-order valence-corrected chi connectivity index (χ1v) is 4.46.